The van der Waals surface area contributed by atoms with E-state index >= 15 is 0 Å². The van der Waals surface area contributed by atoms with Gasteiger partial charge in [0.05, 0.1) is 5.88 Å². The Morgan fingerprint density at radius 1 is 1.46 bits per heavy atom. The van der Waals surface area contributed by atoms with E-state index in [-0.39, 0.29) is 11.6 Å². The van der Waals surface area contributed by atoms with Crippen LogP contribution in [0.15, 0.2) is 17.1 Å². The lowest BCUT2D eigenvalue weighted by Crippen LogP contribution is -2.21. The first kappa shape index (κ1) is 10.1. The van der Waals surface area contributed by atoms with E-state index in [1.807, 2.05) is 0 Å². The van der Waals surface area contributed by atoms with Crippen LogP contribution in [-0.4, -0.2) is 4.98 Å². The van der Waals surface area contributed by atoms with Crippen LogP contribution in [0.2, 0.25) is 0 Å². The number of H-pyrrole nitrogens is 1. The number of alkyl halides is 4. The van der Waals surface area contributed by atoms with Crippen molar-refractivity contribution in [2.75, 3.05) is 0 Å². The maximum absolute atomic E-state index is 12.2. The molecule has 0 unspecified atom stereocenters. The summed E-state index contributed by atoms with van der Waals surface area (Å²) in [5, 5.41) is 0. The van der Waals surface area contributed by atoms with Gasteiger partial charge in [-0.15, -0.1) is 11.6 Å². The molecule has 1 heterocycles. The third-order valence-electron chi connectivity index (χ3n) is 1.46. The molecule has 2 nitrogen and oxygen atoms in total. The molecule has 13 heavy (non-hydrogen) atoms. The summed E-state index contributed by atoms with van der Waals surface area (Å²) in [4.78, 5) is 13.1. The zero-order valence-corrected chi connectivity index (χ0v) is 7.04. The van der Waals surface area contributed by atoms with Gasteiger partial charge in [0.25, 0.3) is 0 Å². The number of hydrogen-bond donors (Lipinski definition) is 1. The summed E-state index contributed by atoms with van der Waals surface area (Å²) in [6.07, 6.45) is -3.52. The summed E-state index contributed by atoms with van der Waals surface area (Å²) >= 11 is 5.24. The Hall–Kier alpha value is -0.970. The average molecular weight is 212 g/mol. The van der Waals surface area contributed by atoms with Crippen LogP contribution < -0.4 is 5.43 Å². The van der Waals surface area contributed by atoms with Crippen LogP contribution in [0.3, 0.4) is 0 Å². The lowest BCUT2D eigenvalue weighted by atomic mass is 10.2. The highest BCUT2D eigenvalue weighted by Gasteiger charge is 2.36. The number of aromatic amines is 1. The molecule has 1 aromatic heterocycles. The molecule has 0 aliphatic rings. The fraction of sp³-hybridized carbons (Fsp3) is 0.286. The van der Waals surface area contributed by atoms with Crippen molar-refractivity contribution in [1.29, 1.82) is 0 Å². The Balaban J connectivity index is 3.41. The van der Waals surface area contributed by atoms with E-state index in [0.717, 1.165) is 12.3 Å². The van der Waals surface area contributed by atoms with Gasteiger partial charge in [0, 0.05) is 18.0 Å². The first-order valence-electron chi connectivity index (χ1n) is 3.30. The van der Waals surface area contributed by atoms with Crippen LogP contribution in [0.25, 0.3) is 0 Å². The molecule has 0 bridgehead atoms. The van der Waals surface area contributed by atoms with Crippen LogP contribution in [0.1, 0.15) is 11.3 Å². The maximum Gasteiger partial charge on any atom is 0.421 e. The van der Waals surface area contributed by atoms with Gasteiger partial charge in [-0.3, -0.25) is 4.79 Å². The number of nitrogens with one attached hydrogen (secondary N) is 1. The number of halogens is 4. The maximum atomic E-state index is 12.2. The SMILES string of the molecule is O=c1cc[nH]c(CCl)c1C(F)(F)F. The van der Waals surface area contributed by atoms with Crippen molar-refractivity contribution in [1.82, 2.24) is 4.98 Å². The molecule has 1 aromatic rings. The monoisotopic (exact) mass is 211 g/mol. The largest absolute Gasteiger partial charge is 0.421 e. The summed E-state index contributed by atoms with van der Waals surface area (Å²) in [6.45, 7) is 0. The molecule has 0 saturated carbocycles. The Morgan fingerprint density at radius 2 is 2.08 bits per heavy atom. The van der Waals surface area contributed by atoms with Gasteiger partial charge in [-0.05, 0) is 0 Å². The highest BCUT2D eigenvalue weighted by Crippen LogP contribution is 2.28. The van der Waals surface area contributed by atoms with E-state index in [9.17, 15) is 18.0 Å². The van der Waals surface area contributed by atoms with Crippen LogP contribution in [-0.2, 0) is 12.1 Å². The lowest BCUT2D eigenvalue weighted by Gasteiger charge is -2.08. The summed E-state index contributed by atoms with van der Waals surface area (Å²) < 4.78 is 36.7. The number of hydrogen-bond acceptors (Lipinski definition) is 1. The molecule has 0 aliphatic heterocycles. The molecule has 0 fully saturated rings. The van der Waals surface area contributed by atoms with Gasteiger partial charge in [0.1, 0.15) is 5.56 Å². The summed E-state index contributed by atoms with van der Waals surface area (Å²) in [6, 6.07) is 0.818. The number of aromatic nitrogens is 1. The first-order chi connectivity index (χ1) is 5.96. The molecule has 1 N–H and O–H groups in total. The van der Waals surface area contributed by atoms with Crippen LogP contribution in [0.5, 0.6) is 0 Å². The minimum atomic E-state index is -4.65. The number of pyridine rings is 1. The molecule has 0 atom stereocenters. The summed E-state index contributed by atoms with van der Waals surface area (Å²) in [7, 11) is 0. The highest BCUT2D eigenvalue weighted by molar-refractivity contribution is 6.17. The Kier molecular flexibility index (Phi) is 2.66. The molecule has 6 heteroatoms. The van der Waals surface area contributed by atoms with E-state index < -0.39 is 17.2 Å². The summed E-state index contributed by atoms with van der Waals surface area (Å²) in [5.74, 6) is -0.370. The van der Waals surface area contributed by atoms with Crippen LogP contribution in [0, 0.1) is 0 Å². The summed E-state index contributed by atoms with van der Waals surface area (Å²) in [5.41, 5.74) is -2.59. The second-order valence-electron chi connectivity index (χ2n) is 2.33. The van der Waals surface area contributed by atoms with E-state index in [4.69, 9.17) is 11.6 Å². The standard InChI is InChI=1S/C7H5ClF3NO/c8-3-4-6(7(9,10)11)5(13)1-2-12-4/h1-2H,3H2,(H,12,13). The molecule has 0 aliphatic carbocycles. The van der Waals surface area contributed by atoms with E-state index in [1.165, 1.54) is 0 Å². The van der Waals surface area contributed by atoms with Gasteiger partial charge in [0.2, 0.25) is 0 Å². The van der Waals surface area contributed by atoms with E-state index in [2.05, 4.69) is 4.98 Å². The topological polar surface area (TPSA) is 32.9 Å². The van der Waals surface area contributed by atoms with Crippen LogP contribution in [0.4, 0.5) is 13.2 Å². The van der Waals surface area contributed by atoms with Gasteiger partial charge >= 0.3 is 6.18 Å². The highest BCUT2D eigenvalue weighted by atomic mass is 35.5. The van der Waals surface area contributed by atoms with Crippen LogP contribution >= 0.6 is 11.6 Å². The zero-order valence-electron chi connectivity index (χ0n) is 6.28. The molecule has 1 rings (SSSR count). The van der Waals surface area contributed by atoms with Gasteiger partial charge in [0.15, 0.2) is 5.43 Å². The van der Waals surface area contributed by atoms with Crippen molar-refractivity contribution in [2.24, 2.45) is 0 Å². The van der Waals surface area contributed by atoms with Crippen molar-refractivity contribution in [3.63, 3.8) is 0 Å². The van der Waals surface area contributed by atoms with Gasteiger partial charge in [-0.2, -0.15) is 13.2 Å². The first-order valence-corrected chi connectivity index (χ1v) is 3.84. The molecular weight excluding hydrogens is 207 g/mol. The molecule has 0 spiro atoms. The van der Waals surface area contributed by atoms with Gasteiger partial charge in [-0.1, -0.05) is 0 Å². The second-order valence-corrected chi connectivity index (χ2v) is 2.59. The van der Waals surface area contributed by atoms with Crippen molar-refractivity contribution >= 4 is 11.6 Å². The van der Waals surface area contributed by atoms with Gasteiger partial charge < -0.3 is 4.98 Å². The Bertz CT molecular complexity index is 357. The third kappa shape index (κ3) is 2.03. The minimum Gasteiger partial charge on any atom is -0.363 e. The smallest absolute Gasteiger partial charge is 0.363 e. The Morgan fingerprint density at radius 3 is 2.46 bits per heavy atom. The van der Waals surface area contributed by atoms with E-state index in [1.54, 1.807) is 0 Å². The van der Waals surface area contributed by atoms with Gasteiger partial charge in [-0.25, -0.2) is 0 Å². The fourth-order valence-corrected chi connectivity index (χ4v) is 1.15. The van der Waals surface area contributed by atoms with Crippen molar-refractivity contribution in [3.8, 4) is 0 Å². The molecule has 72 valence electrons. The van der Waals surface area contributed by atoms with E-state index in [0.29, 0.717) is 0 Å². The second kappa shape index (κ2) is 3.41. The third-order valence-corrected chi connectivity index (χ3v) is 1.72. The zero-order chi connectivity index (χ0) is 10.1. The van der Waals surface area contributed by atoms with Crippen molar-refractivity contribution in [3.05, 3.63) is 33.7 Å². The Labute approximate surface area is 76.3 Å². The quantitative estimate of drug-likeness (QED) is 0.710. The molecule has 0 saturated heterocycles. The average Bonchev–Trinajstić information content (AvgIpc) is 2.01. The van der Waals surface area contributed by atoms with Crippen molar-refractivity contribution in [2.45, 2.75) is 12.1 Å². The molecule has 0 radical (unpaired) electrons. The van der Waals surface area contributed by atoms with Crippen molar-refractivity contribution < 1.29 is 13.2 Å². The lowest BCUT2D eigenvalue weighted by molar-refractivity contribution is -0.139. The number of rotatable bonds is 1. The fourth-order valence-electron chi connectivity index (χ4n) is 0.938. The normalized spacial score (nSPS) is 11.7. The molecule has 0 aromatic carbocycles. The predicted octanol–water partition coefficient (Wildman–Crippen LogP) is 2.13. The molecule has 0 amide bonds. The minimum absolute atomic E-state index is 0.304. The molecular formula is C7H5ClF3NO. The predicted molar refractivity (Wildman–Crippen MR) is 41.6 cm³/mol.